The molecule has 0 saturated carbocycles. The topological polar surface area (TPSA) is 50.5 Å². The van der Waals surface area contributed by atoms with E-state index in [1.54, 1.807) is 18.0 Å². The summed E-state index contributed by atoms with van der Waals surface area (Å²) in [6, 6.07) is 0. The number of aromatic nitrogens is 2. The number of methoxy groups -OCH3 is 1. The van der Waals surface area contributed by atoms with Gasteiger partial charge in [-0.25, -0.2) is 0 Å². The second kappa shape index (κ2) is 6.97. The number of halogens is 3. The third kappa shape index (κ3) is 4.21. The van der Waals surface area contributed by atoms with Crippen molar-refractivity contribution >= 4 is 0 Å². The zero-order chi connectivity index (χ0) is 16.2. The molecule has 2 heterocycles. The Balaban J connectivity index is 1.90. The van der Waals surface area contributed by atoms with Crippen molar-refractivity contribution in [2.24, 2.45) is 0 Å². The van der Waals surface area contributed by atoms with E-state index >= 15 is 0 Å². The van der Waals surface area contributed by atoms with Gasteiger partial charge in [-0.15, -0.1) is 0 Å². The highest BCUT2D eigenvalue weighted by molar-refractivity contribution is 5.04. The summed E-state index contributed by atoms with van der Waals surface area (Å²) in [5.74, 6) is 0. The SMILES string of the molecule is COCCn1cc(CN2CCCC(O)(C(F)(F)F)CC2)cn1. The molecule has 0 aliphatic carbocycles. The van der Waals surface area contributed by atoms with Gasteiger partial charge in [0.15, 0.2) is 5.60 Å². The van der Waals surface area contributed by atoms with E-state index in [-0.39, 0.29) is 19.4 Å². The molecule has 1 aliphatic heterocycles. The number of rotatable bonds is 5. The molecule has 1 saturated heterocycles. The summed E-state index contributed by atoms with van der Waals surface area (Å²) in [5.41, 5.74) is -1.60. The molecule has 2 rings (SSSR count). The van der Waals surface area contributed by atoms with Gasteiger partial charge in [0.25, 0.3) is 0 Å². The van der Waals surface area contributed by atoms with Gasteiger partial charge >= 0.3 is 6.18 Å². The smallest absolute Gasteiger partial charge is 0.383 e. The van der Waals surface area contributed by atoms with Gasteiger partial charge in [-0.05, 0) is 25.8 Å². The Labute approximate surface area is 127 Å². The third-order valence-corrected chi connectivity index (χ3v) is 4.05. The summed E-state index contributed by atoms with van der Waals surface area (Å²) in [6.45, 7) is 2.51. The molecular formula is C14H22F3N3O2. The Morgan fingerprint density at radius 2 is 2.14 bits per heavy atom. The molecular weight excluding hydrogens is 299 g/mol. The Hall–Kier alpha value is -1.12. The summed E-state index contributed by atoms with van der Waals surface area (Å²) in [6.07, 6.45) is -1.16. The maximum atomic E-state index is 12.9. The Morgan fingerprint density at radius 1 is 1.36 bits per heavy atom. The molecule has 1 aromatic heterocycles. The van der Waals surface area contributed by atoms with Crippen molar-refractivity contribution in [1.29, 1.82) is 0 Å². The maximum Gasteiger partial charge on any atom is 0.417 e. The van der Waals surface area contributed by atoms with Crippen LogP contribution in [-0.2, 0) is 17.8 Å². The van der Waals surface area contributed by atoms with Gasteiger partial charge in [-0.2, -0.15) is 18.3 Å². The normalized spacial score (nSPS) is 24.4. The standard InChI is InChI=1S/C14H22F3N3O2/c1-22-8-7-20-11-12(9-18-20)10-19-5-2-3-13(21,4-6-19)14(15,16)17/h9,11,21H,2-8,10H2,1H3. The van der Waals surface area contributed by atoms with Crippen LogP contribution in [0.3, 0.4) is 0 Å². The van der Waals surface area contributed by atoms with Crippen molar-refractivity contribution in [3.63, 3.8) is 0 Å². The third-order valence-electron chi connectivity index (χ3n) is 4.05. The van der Waals surface area contributed by atoms with Crippen molar-refractivity contribution in [2.45, 2.75) is 44.1 Å². The van der Waals surface area contributed by atoms with E-state index < -0.39 is 11.8 Å². The highest BCUT2D eigenvalue weighted by Gasteiger charge is 2.53. The number of likely N-dealkylation sites (tertiary alicyclic amines) is 1. The minimum atomic E-state index is -4.56. The first-order valence-electron chi connectivity index (χ1n) is 7.36. The predicted molar refractivity (Wildman–Crippen MR) is 74.2 cm³/mol. The molecule has 1 aliphatic rings. The van der Waals surface area contributed by atoms with E-state index in [2.05, 4.69) is 5.10 Å². The minimum absolute atomic E-state index is 0.221. The van der Waals surface area contributed by atoms with Gasteiger partial charge in [0.2, 0.25) is 0 Å². The van der Waals surface area contributed by atoms with E-state index in [0.29, 0.717) is 32.7 Å². The van der Waals surface area contributed by atoms with E-state index in [1.165, 1.54) is 0 Å². The molecule has 126 valence electrons. The molecule has 1 fully saturated rings. The Kier molecular flexibility index (Phi) is 5.46. The fourth-order valence-electron chi connectivity index (χ4n) is 2.67. The number of hydrogen-bond acceptors (Lipinski definition) is 4. The second-order valence-corrected chi connectivity index (χ2v) is 5.76. The van der Waals surface area contributed by atoms with Crippen LogP contribution in [0.5, 0.6) is 0 Å². The molecule has 0 radical (unpaired) electrons. The van der Waals surface area contributed by atoms with E-state index in [1.807, 2.05) is 11.1 Å². The molecule has 5 nitrogen and oxygen atoms in total. The first-order valence-corrected chi connectivity index (χ1v) is 7.36. The van der Waals surface area contributed by atoms with E-state index in [9.17, 15) is 18.3 Å². The zero-order valence-electron chi connectivity index (χ0n) is 12.6. The summed E-state index contributed by atoms with van der Waals surface area (Å²) >= 11 is 0. The van der Waals surface area contributed by atoms with Crippen LogP contribution >= 0.6 is 0 Å². The van der Waals surface area contributed by atoms with Gasteiger partial charge < -0.3 is 9.84 Å². The lowest BCUT2D eigenvalue weighted by atomic mass is 9.94. The van der Waals surface area contributed by atoms with Gasteiger partial charge in [0.05, 0.1) is 19.3 Å². The van der Waals surface area contributed by atoms with Crippen molar-refractivity contribution < 1.29 is 23.0 Å². The van der Waals surface area contributed by atoms with Gasteiger partial charge in [0.1, 0.15) is 0 Å². The molecule has 1 atom stereocenters. The molecule has 0 bridgehead atoms. The fourth-order valence-corrected chi connectivity index (χ4v) is 2.67. The highest BCUT2D eigenvalue weighted by Crippen LogP contribution is 2.38. The second-order valence-electron chi connectivity index (χ2n) is 5.76. The summed E-state index contributed by atoms with van der Waals surface area (Å²) in [7, 11) is 1.61. The van der Waals surface area contributed by atoms with Crippen LogP contribution in [0.15, 0.2) is 12.4 Å². The number of nitrogens with zero attached hydrogens (tertiary/aromatic N) is 3. The maximum absolute atomic E-state index is 12.9. The van der Waals surface area contributed by atoms with Crippen molar-refractivity contribution in [3.8, 4) is 0 Å². The zero-order valence-corrected chi connectivity index (χ0v) is 12.6. The summed E-state index contributed by atoms with van der Waals surface area (Å²) in [4.78, 5) is 1.93. The summed E-state index contributed by atoms with van der Waals surface area (Å²) < 4.78 is 45.4. The lowest BCUT2D eigenvalue weighted by Gasteiger charge is -2.29. The predicted octanol–water partition coefficient (Wildman–Crippen LogP) is 1.81. The van der Waals surface area contributed by atoms with E-state index in [0.717, 1.165) is 5.56 Å². The van der Waals surface area contributed by atoms with Crippen molar-refractivity contribution in [1.82, 2.24) is 14.7 Å². The van der Waals surface area contributed by atoms with Gasteiger partial charge in [-0.1, -0.05) is 0 Å². The lowest BCUT2D eigenvalue weighted by molar-refractivity contribution is -0.263. The molecule has 1 unspecified atom stereocenters. The number of aliphatic hydroxyl groups is 1. The lowest BCUT2D eigenvalue weighted by Crippen LogP contribution is -2.45. The number of ether oxygens (including phenoxy) is 1. The molecule has 0 aromatic carbocycles. The first-order chi connectivity index (χ1) is 10.3. The quantitative estimate of drug-likeness (QED) is 0.899. The molecule has 0 amide bonds. The van der Waals surface area contributed by atoms with Gasteiger partial charge in [0, 0.05) is 32.0 Å². The van der Waals surface area contributed by atoms with Crippen molar-refractivity contribution in [3.05, 3.63) is 18.0 Å². The number of alkyl halides is 3. The Morgan fingerprint density at radius 3 is 2.82 bits per heavy atom. The molecule has 22 heavy (non-hydrogen) atoms. The van der Waals surface area contributed by atoms with Gasteiger partial charge in [-0.3, -0.25) is 9.58 Å². The van der Waals surface area contributed by atoms with Crippen LogP contribution < -0.4 is 0 Å². The van der Waals surface area contributed by atoms with Crippen LogP contribution in [0.1, 0.15) is 24.8 Å². The molecule has 1 aromatic rings. The largest absolute Gasteiger partial charge is 0.417 e. The Bertz CT molecular complexity index is 478. The van der Waals surface area contributed by atoms with Crippen LogP contribution in [-0.4, -0.2) is 58.4 Å². The average molecular weight is 321 g/mol. The first kappa shape index (κ1) is 17.2. The molecule has 1 N–H and O–H groups in total. The van der Waals surface area contributed by atoms with Crippen molar-refractivity contribution in [2.75, 3.05) is 26.8 Å². The molecule has 8 heteroatoms. The van der Waals surface area contributed by atoms with Crippen LogP contribution in [0.4, 0.5) is 13.2 Å². The highest BCUT2D eigenvalue weighted by atomic mass is 19.4. The number of hydrogen-bond donors (Lipinski definition) is 1. The van der Waals surface area contributed by atoms with Crippen LogP contribution in [0.2, 0.25) is 0 Å². The van der Waals surface area contributed by atoms with Crippen LogP contribution in [0, 0.1) is 0 Å². The van der Waals surface area contributed by atoms with E-state index in [4.69, 9.17) is 4.74 Å². The average Bonchev–Trinajstić information content (AvgIpc) is 2.79. The molecule has 0 spiro atoms. The minimum Gasteiger partial charge on any atom is -0.383 e. The summed E-state index contributed by atoms with van der Waals surface area (Å²) in [5, 5.41) is 14.0. The monoisotopic (exact) mass is 321 g/mol. The van der Waals surface area contributed by atoms with Crippen LogP contribution in [0.25, 0.3) is 0 Å². The fraction of sp³-hybridized carbons (Fsp3) is 0.786.